The number of rotatable bonds is 6. The normalized spacial score (nSPS) is 16.9. The highest BCUT2D eigenvalue weighted by Crippen LogP contribution is 2.25. The van der Waals surface area contributed by atoms with Gasteiger partial charge in [-0.05, 0) is 36.8 Å². The zero-order valence-electron chi connectivity index (χ0n) is 16.7. The SMILES string of the molecule is Cc1ccc(C(CN=C(N)Nc2ccc(OC(F)(F)F)cc2)N2CCOCC2)cc1. The molecule has 6 nitrogen and oxygen atoms in total. The molecule has 2 aromatic rings. The van der Waals surface area contributed by atoms with Gasteiger partial charge < -0.3 is 20.5 Å². The number of nitrogens with one attached hydrogen (secondary N) is 1. The van der Waals surface area contributed by atoms with Gasteiger partial charge >= 0.3 is 6.36 Å². The monoisotopic (exact) mass is 422 g/mol. The summed E-state index contributed by atoms with van der Waals surface area (Å²) < 4.78 is 46.1. The van der Waals surface area contributed by atoms with Crippen molar-refractivity contribution >= 4 is 11.6 Å². The van der Waals surface area contributed by atoms with Gasteiger partial charge in [-0.15, -0.1) is 13.2 Å². The molecule has 0 aliphatic carbocycles. The predicted octanol–water partition coefficient (Wildman–Crippen LogP) is 3.69. The number of benzene rings is 2. The summed E-state index contributed by atoms with van der Waals surface area (Å²) in [7, 11) is 0. The quantitative estimate of drug-likeness (QED) is 0.549. The fourth-order valence-corrected chi connectivity index (χ4v) is 3.22. The molecule has 1 fully saturated rings. The molecular formula is C21H25F3N4O2. The Hall–Kier alpha value is -2.78. The number of anilines is 1. The first kappa shape index (κ1) is 21.9. The van der Waals surface area contributed by atoms with Gasteiger partial charge in [-0.25, -0.2) is 0 Å². The number of morpholine rings is 1. The van der Waals surface area contributed by atoms with Crippen molar-refractivity contribution in [2.45, 2.75) is 19.3 Å². The summed E-state index contributed by atoms with van der Waals surface area (Å²) in [6, 6.07) is 13.7. The molecule has 2 aromatic carbocycles. The number of halogens is 3. The standard InChI is InChI=1S/C21H25F3N4O2/c1-15-2-4-16(5-3-15)19(28-10-12-29-13-11-28)14-26-20(25)27-17-6-8-18(9-7-17)30-21(22,23)24/h2-9,19H,10-14H2,1H3,(H3,25,26,27). The van der Waals surface area contributed by atoms with Gasteiger partial charge in [0.2, 0.25) is 0 Å². The van der Waals surface area contributed by atoms with Gasteiger partial charge in [0.15, 0.2) is 5.96 Å². The summed E-state index contributed by atoms with van der Waals surface area (Å²) in [5.41, 5.74) is 8.86. The van der Waals surface area contributed by atoms with Crippen molar-refractivity contribution in [3.8, 4) is 5.75 Å². The number of ether oxygens (including phenoxy) is 2. The molecule has 1 atom stereocenters. The number of nitrogens with zero attached hydrogens (tertiary/aromatic N) is 2. The molecule has 0 radical (unpaired) electrons. The molecular weight excluding hydrogens is 397 g/mol. The number of aryl methyl sites for hydroxylation is 1. The van der Waals surface area contributed by atoms with E-state index in [0.717, 1.165) is 18.7 Å². The van der Waals surface area contributed by atoms with Crippen LogP contribution in [0.1, 0.15) is 17.2 Å². The van der Waals surface area contributed by atoms with E-state index >= 15 is 0 Å². The number of hydrogen-bond acceptors (Lipinski definition) is 4. The molecule has 162 valence electrons. The molecule has 0 aromatic heterocycles. The van der Waals surface area contributed by atoms with Crippen LogP contribution in [0.5, 0.6) is 5.75 Å². The van der Waals surface area contributed by atoms with Crippen molar-refractivity contribution in [1.29, 1.82) is 0 Å². The molecule has 0 spiro atoms. The Labute approximate surface area is 173 Å². The van der Waals surface area contributed by atoms with Crippen LogP contribution in [-0.2, 0) is 4.74 Å². The van der Waals surface area contributed by atoms with E-state index in [9.17, 15) is 13.2 Å². The fourth-order valence-electron chi connectivity index (χ4n) is 3.22. The van der Waals surface area contributed by atoms with E-state index in [4.69, 9.17) is 10.5 Å². The second-order valence-corrected chi connectivity index (χ2v) is 7.00. The van der Waals surface area contributed by atoms with Crippen LogP contribution in [0.15, 0.2) is 53.5 Å². The zero-order chi connectivity index (χ0) is 21.6. The lowest BCUT2D eigenvalue weighted by molar-refractivity contribution is -0.274. The van der Waals surface area contributed by atoms with Gasteiger partial charge in [0, 0.05) is 18.8 Å². The van der Waals surface area contributed by atoms with Crippen molar-refractivity contribution in [2.24, 2.45) is 10.7 Å². The third-order valence-electron chi connectivity index (χ3n) is 4.74. The van der Waals surface area contributed by atoms with Gasteiger partial charge in [-0.1, -0.05) is 29.8 Å². The van der Waals surface area contributed by atoms with E-state index in [1.165, 1.54) is 29.8 Å². The lowest BCUT2D eigenvalue weighted by atomic mass is 10.0. The van der Waals surface area contributed by atoms with Crippen LogP contribution in [0.25, 0.3) is 0 Å². The Morgan fingerprint density at radius 2 is 1.77 bits per heavy atom. The lowest BCUT2D eigenvalue weighted by Gasteiger charge is -2.34. The van der Waals surface area contributed by atoms with E-state index in [-0.39, 0.29) is 17.8 Å². The molecule has 1 aliphatic heterocycles. The van der Waals surface area contributed by atoms with Crippen LogP contribution in [0, 0.1) is 6.92 Å². The largest absolute Gasteiger partial charge is 0.573 e. The van der Waals surface area contributed by atoms with Crippen molar-refractivity contribution < 1.29 is 22.6 Å². The van der Waals surface area contributed by atoms with Crippen molar-refractivity contribution in [1.82, 2.24) is 4.90 Å². The first-order valence-corrected chi connectivity index (χ1v) is 9.61. The fraction of sp³-hybridized carbons (Fsp3) is 0.381. The van der Waals surface area contributed by atoms with Gasteiger partial charge in [0.05, 0.1) is 25.8 Å². The second-order valence-electron chi connectivity index (χ2n) is 7.00. The summed E-state index contributed by atoms with van der Waals surface area (Å²) in [6.45, 7) is 5.44. The Morgan fingerprint density at radius 1 is 1.13 bits per heavy atom. The second kappa shape index (κ2) is 9.82. The van der Waals surface area contributed by atoms with E-state index in [1.54, 1.807) is 0 Å². The minimum absolute atomic E-state index is 0.0532. The van der Waals surface area contributed by atoms with Crippen LogP contribution >= 0.6 is 0 Å². The van der Waals surface area contributed by atoms with Gasteiger partial charge in [0.1, 0.15) is 5.75 Å². The highest BCUT2D eigenvalue weighted by Gasteiger charge is 2.31. The number of aliphatic imine (C=N–C) groups is 1. The highest BCUT2D eigenvalue weighted by molar-refractivity contribution is 5.92. The molecule has 0 amide bonds. The molecule has 0 bridgehead atoms. The molecule has 9 heteroatoms. The topological polar surface area (TPSA) is 72.1 Å². The third kappa shape index (κ3) is 6.64. The van der Waals surface area contributed by atoms with Crippen LogP contribution < -0.4 is 15.8 Å². The van der Waals surface area contributed by atoms with Gasteiger partial charge in [-0.2, -0.15) is 0 Å². The minimum atomic E-state index is -4.72. The first-order valence-electron chi connectivity index (χ1n) is 9.61. The van der Waals surface area contributed by atoms with E-state index in [2.05, 4.69) is 44.2 Å². The summed E-state index contributed by atoms with van der Waals surface area (Å²) in [5.74, 6) is -0.111. The van der Waals surface area contributed by atoms with Crippen molar-refractivity contribution in [3.63, 3.8) is 0 Å². The maximum atomic E-state index is 12.3. The average Bonchev–Trinajstić information content (AvgIpc) is 2.71. The zero-order valence-corrected chi connectivity index (χ0v) is 16.7. The van der Waals surface area contributed by atoms with Crippen LogP contribution in [-0.4, -0.2) is 50.1 Å². The van der Waals surface area contributed by atoms with Gasteiger partial charge in [0.25, 0.3) is 0 Å². The van der Waals surface area contributed by atoms with Crippen molar-refractivity contribution in [2.75, 3.05) is 38.2 Å². The maximum absolute atomic E-state index is 12.3. The minimum Gasteiger partial charge on any atom is -0.406 e. The third-order valence-corrected chi connectivity index (χ3v) is 4.74. The Morgan fingerprint density at radius 3 is 2.37 bits per heavy atom. The Balaban J connectivity index is 1.66. The molecule has 3 rings (SSSR count). The summed E-state index contributed by atoms with van der Waals surface area (Å²) in [6.07, 6.45) is -4.72. The highest BCUT2D eigenvalue weighted by atomic mass is 19.4. The molecule has 0 saturated carbocycles. The average molecular weight is 422 g/mol. The summed E-state index contributed by atoms with van der Waals surface area (Å²) >= 11 is 0. The molecule has 30 heavy (non-hydrogen) atoms. The smallest absolute Gasteiger partial charge is 0.406 e. The van der Waals surface area contributed by atoms with Crippen LogP contribution in [0.4, 0.5) is 18.9 Å². The molecule has 1 saturated heterocycles. The first-order chi connectivity index (χ1) is 14.3. The van der Waals surface area contributed by atoms with E-state index < -0.39 is 6.36 Å². The van der Waals surface area contributed by atoms with Gasteiger partial charge in [-0.3, -0.25) is 9.89 Å². The summed E-state index contributed by atoms with van der Waals surface area (Å²) in [5, 5.41) is 2.90. The number of alkyl halides is 3. The molecule has 3 N–H and O–H groups in total. The molecule has 1 aliphatic rings. The van der Waals surface area contributed by atoms with E-state index in [0.29, 0.717) is 25.4 Å². The summed E-state index contributed by atoms with van der Waals surface area (Å²) in [4.78, 5) is 6.78. The number of nitrogens with two attached hydrogens (primary N) is 1. The predicted molar refractivity (Wildman–Crippen MR) is 110 cm³/mol. The molecule has 1 heterocycles. The van der Waals surface area contributed by atoms with Crippen LogP contribution in [0.3, 0.4) is 0 Å². The maximum Gasteiger partial charge on any atom is 0.573 e. The number of hydrogen-bond donors (Lipinski definition) is 2. The molecule has 1 unspecified atom stereocenters. The van der Waals surface area contributed by atoms with Crippen molar-refractivity contribution in [3.05, 3.63) is 59.7 Å². The Kier molecular flexibility index (Phi) is 7.17. The Bertz CT molecular complexity index is 833. The van der Waals surface area contributed by atoms with E-state index in [1.807, 2.05) is 6.92 Å². The number of guanidine groups is 1. The van der Waals surface area contributed by atoms with Crippen LogP contribution in [0.2, 0.25) is 0 Å². The lowest BCUT2D eigenvalue weighted by Crippen LogP contribution is -2.40.